The van der Waals surface area contributed by atoms with Gasteiger partial charge in [-0.25, -0.2) is 0 Å². The molecule has 0 radical (unpaired) electrons. The zero-order valence-electron chi connectivity index (χ0n) is 11.4. The Morgan fingerprint density at radius 1 is 1.33 bits per heavy atom. The van der Waals surface area contributed by atoms with E-state index in [1.807, 2.05) is 25.0 Å². The highest BCUT2D eigenvalue weighted by molar-refractivity contribution is 5.31. The van der Waals surface area contributed by atoms with E-state index in [9.17, 15) is 0 Å². The maximum atomic E-state index is 3.99. The number of aryl methyl sites for hydroxylation is 3. The molecule has 1 N–H and O–H groups in total. The van der Waals surface area contributed by atoms with E-state index in [1.165, 1.54) is 16.7 Å². The highest BCUT2D eigenvalue weighted by atomic mass is 15.4. The van der Waals surface area contributed by atoms with E-state index >= 15 is 0 Å². The zero-order chi connectivity index (χ0) is 13.1. The van der Waals surface area contributed by atoms with Crippen molar-refractivity contribution in [1.82, 2.24) is 20.3 Å². The van der Waals surface area contributed by atoms with Crippen LogP contribution in [0, 0.1) is 13.8 Å². The molecule has 2 aromatic rings. The van der Waals surface area contributed by atoms with Crippen molar-refractivity contribution in [2.75, 3.05) is 7.05 Å². The first-order chi connectivity index (χ1) is 8.61. The second-order valence-corrected chi connectivity index (χ2v) is 4.76. The molecule has 2 rings (SSSR count). The molecule has 18 heavy (non-hydrogen) atoms. The molecule has 96 valence electrons. The molecular weight excluding hydrogens is 224 g/mol. The second-order valence-electron chi connectivity index (χ2n) is 4.76. The topological polar surface area (TPSA) is 42.7 Å². The smallest absolute Gasteiger partial charge is 0.0756 e. The SMILES string of the molecule is CNC(Cc1cc(C)ccc1C)c1cnnn1C. The van der Waals surface area contributed by atoms with Gasteiger partial charge in [-0.2, -0.15) is 0 Å². The van der Waals surface area contributed by atoms with Gasteiger partial charge >= 0.3 is 0 Å². The first kappa shape index (κ1) is 12.8. The molecule has 1 atom stereocenters. The molecule has 1 aromatic carbocycles. The van der Waals surface area contributed by atoms with Crippen LogP contribution >= 0.6 is 0 Å². The fourth-order valence-corrected chi connectivity index (χ4v) is 2.21. The lowest BCUT2D eigenvalue weighted by Gasteiger charge is -2.17. The maximum absolute atomic E-state index is 3.99. The van der Waals surface area contributed by atoms with Crippen molar-refractivity contribution in [3.8, 4) is 0 Å². The van der Waals surface area contributed by atoms with E-state index in [4.69, 9.17) is 0 Å². The van der Waals surface area contributed by atoms with Crippen molar-refractivity contribution in [2.24, 2.45) is 7.05 Å². The van der Waals surface area contributed by atoms with Crippen molar-refractivity contribution in [2.45, 2.75) is 26.3 Å². The minimum Gasteiger partial charge on any atom is -0.311 e. The molecule has 4 heteroatoms. The number of nitrogens with one attached hydrogen (secondary N) is 1. The van der Waals surface area contributed by atoms with Gasteiger partial charge < -0.3 is 5.32 Å². The quantitative estimate of drug-likeness (QED) is 0.893. The van der Waals surface area contributed by atoms with Crippen LogP contribution in [0.15, 0.2) is 24.4 Å². The van der Waals surface area contributed by atoms with Crippen molar-refractivity contribution < 1.29 is 0 Å². The van der Waals surface area contributed by atoms with Crippen LogP contribution in [0.2, 0.25) is 0 Å². The molecule has 1 unspecified atom stereocenters. The minimum absolute atomic E-state index is 0.241. The fraction of sp³-hybridized carbons (Fsp3) is 0.429. The number of benzene rings is 1. The van der Waals surface area contributed by atoms with Gasteiger partial charge in [0, 0.05) is 7.05 Å². The standard InChI is InChI=1S/C14H20N4/c1-10-5-6-11(2)12(7-10)8-13(15-3)14-9-16-17-18(14)4/h5-7,9,13,15H,8H2,1-4H3. The van der Waals surface area contributed by atoms with Crippen LogP contribution in [0.4, 0.5) is 0 Å². The number of aromatic nitrogens is 3. The Kier molecular flexibility index (Phi) is 3.77. The van der Waals surface area contributed by atoms with Crippen molar-refractivity contribution in [3.05, 3.63) is 46.8 Å². The number of nitrogens with zero attached hydrogens (tertiary/aromatic N) is 3. The Bertz CT molecular complexity index is 530. The Morgan fingerprint density at radius 2 is 2.11 bits per heavy atom. The highest BCUT2D eigenvalue weighted by Crippen LogP contribution is 2.20. The summed E-state index contributed by atoms with van der Waals surface area (Å²) in [5.41, 5.74) is 5.11. The molecule has 0 spiro atoms. The van der Waals surface area contributed by atoms with Crippen molar-refractivity contribution >= 4 is 0 Å². The summed E-state index contributed by atoms with van der Waals surface area (Å²) in [4.78, 5) is 0. The summed E-state index contributed by atoms with van der Waals surface area (Å²) in [7, 11) is 3.90. The number of likely N-dealkylation sites (N-methyl/N-ethyl adjacent to an activating group) is 1. The van der Waals surface area contributed by atoms with E-state index in [0.29, 0.717) is 0 Å². The molecule has 0 aliphatic carbocycles. The normalized spacial score (nSPS) is 12.7. The van der Waals surface area contributed by atoms with Gasteiger partial charge in [0.15, 0.2) is 0 Å². The molecule has 0 amide bonds. The third-order valence-corrected chi connectivity index (χ3v) is 3.38. The summed E-state index contributed by atoms with van der Waals surface area (Å²) in [6.45, 7) is 4.28. The molecule has 1 heterocycles. The van der Waals surface area contributed by atoms with E-state index in [1.54, 1.807) is 0 Å². The molecule has 0 aliphatic heterocycles. The molecular formula is C14H20N4. The number of hydrogen-bond donors (Lipinski definition) is 1. The van der Waals surface area contributed by atoms with Crippen LogP contribution in [0.1, 0.15) is 28.4 Å². The Hall–Kier alpha value is -1.68. The van der Waals surface area contributed by atoms with Crippen LogP contribution in [-0.2, 0) is 13.5 Å². The summed E-state index contributed by atoms with van der Waals surface area (Å²) in [6, 6.07) is 6.83. The second kappa shape index (κ2) is 5.31. The highest BCUT2D eigenvalue weighted by Gasteiger charge is 2.15. The Balaban J connectivity index is 2.26. The van der Waals surface area contributed by atoms with Gasteiger partial charge in [-0.3, -0.25) is 4.68 Å². The molecule has 0 saturated carbocycles. The molecule has 0 bridgehead atoms. The average Bonchev–Trinajstić information content (AvgIpc) is 2.77. The predicted octanol–water partition coefficient (Wildman–Crippen LogP) is 1.94. The third-order valence-electron chi connectivity index (χ3n) is 3.38. The lowest BCUT2D eigenvalue weighted by molar-refractivity contribution is 0.533. The fourth-order valence-electron chi connectivity index (χ4n) is 2.21. The average molecular weight is 244 g/mol. The molecule has 0 aliphatic rings. The Morgan fingerprint density at radius 3 is 2.72 bits per heavy atom. The van der Waals surface area contributed by atoms with Gasteiger partial charge in [0.2, 0.25) is 0 Å². The van der Waals surface area contributed by atoms with E-state index in [2.05, 4.69) is 47.7 Å². The van der Waals surface area contributed by atoms with E-state index in [0.717, 1.165) is 12.1 Å². The lowest BCUT2D eigenvalue weighted by Crippen LogP contribution is -2.22. The summed E-state index contributed by atoms with van der Waals surface area (Å²) >= 11 is 0. The van der Waals surface area contributed by atoms with E-state index < -0.39 is 0 Å². The number of rotatable bonds is 4. The van der Waals surface area contributed by atoms with Crippen molar-refractivity contribution in [3.63, 3.8) is 0 Å². The largest absolute Gasteiger partial charge is 0.311 e. The van der Waals surface area contributed by atoms with Crippen LogP contribution in [0.25, 0.3) is 0 Å². The summed E-state index contributed by atoms with van der Waals surface area (Å²) in [5, 5.41) is 11.3. The van der Waals surface area contributed by atoms with Crippen LogP contribution in [0.5, 0.6) is 0 Å². The van der Waals surface area contributed by atoms with Gasteiger partial charge in [-0.1, -0.05) is 29.0 Å². The molecule has 4 nitrogen and oxygen atoms in total. The van der Waals surface area contributed by atoms with E-state index in [-0.39, 0.29) is 6.04 Å². The molecule has 1 aromatic heterocycles. The molecule has 0 fully saturated rings. The van der Waals surface area contributed by atoms with Gasteiger partial charge in [-0.15, -0.1) is 5.10 Å². The van der Waals surface area contributed by atoms with Gasteiger partial charge in [0.1, 0.15) is 0 Å². The third kappa shape index (κ3) is 2.59. The first-order valence-corrected chi connectivity index (χ1v) is 6.19. The first-order valence-electron chi connectivity index (χ1n) is 6.19. The molecule has 0 saturated heterocycles. The Labute approximate surface area is 108 Å². The van der Waals surface area contributed by atoms with Crippen molar-refractivity contribution in [1.29, 1.82) is 0 Å². The minimum atomic E-state index is 0.241. The monoisotopic (exact) mass is 244 g/mol. The lowest BCUT2D eigenvalue weighted by atomic mass is 9.97. The summed E-state index contributed by atoms with van der Waals surface area (Å²) in [5.74, 6) is 0. The predicted molar refractivity (Wildman–Crippen MR) is 72.4 cm³/mol. The zero-order valence-corrected chi connectivity index (χ0v) is 11.4. The van der Waals surface area contributed by atoms with Gasteiger partial charge in [-0.05, 0) is 38.4 Å². The van der Waals surface area contributed by atoms with Gasteiger partial charge in [0.05, 0.1) is 17.9 Å². The maximum Gasteiger partial charge on any atom is 0.0756 e. The number of hydrogen-bond acceptors (Lipinski definition) is 3. The van der Waals surface area contributed by atoms with Crippen LogP contribution < -0.4 is 5.32 Å². The summed E-state index contributed by atoms with van der Waals surface area (Å²) < 4.78 is 1.83. The summed E-state index contributed by atoms with van der Waals surface area (Å²) in [6.07, 6.45) is 2.78. The van der Waals surface area contributed by atoms with Crippen LogP contribution in [0.3, 0.4) is 0 Å². The van der Waals surface area contributed by atoms with Crippen LogP contribution in [-0.4, -0.2) is 22.0 Å². The van der Waals surface area contributed by atoms with Gasteiger partial charge in [0.25, 0.3) is 0 Å².